The maximum absolute atomic E-state index is 11.4. The Morgan fingerprint density at radius 2 is 2.08 bits per heavy atom. The molecule has 3 nitrogen and oxygen atoms in total. The fourth-order valence-corrected chi connectivity index (χ4v) is 2.77. The van der Waals surface area contributed by atoms with Gasteiger partial charge in [0.05, 0.1) is 0 Å². The van der Waals surface area contributed by atoms with E-state index in [4.69, 9.17) is 8.56 Å². The predicted octanol–water partition coefficient (Wildman–Crippen LogP) is 0.221. The summed E-state index contributed by atoms with van der Waals surface area (Å²) in [7, 11) is 0. The number of hydrogen-bond acceptors (Lipinski definition) is 3. The Kier molecular flexibility index (Phi) is 2.21. The minimum atomic E-state index is -2.28. The Balaban J connectivity index is 2.46. The van der Waals surface area contributed by atoms with E-state index in [-0.39, 0.29) is 0 Å². The summed E-state index contributed by atoms with van der Waals surface area (Å²) >= 11 is -2.28. The SMILES string of the molecule is O=[Se]1OCCOc2ccccc21. The molecule has 1 aromatic rings. The van der Waals surface area contributed by atoms with Crippen molar-refractivity contribution in [3.63, 3.8) is 0 Å². The first kappa shape index (κ1) is 7.92. The van der Waals surface area contributed by atoms with Crippen molar-refractivity contribution >= 4 is 18.6 Å². The van der Waals surface area contributed by atoms with Crippen molar-refractivity contribution < 1.29 is 12.4 Å². The monoisotopic (exact) mass is 232 g/mol. The van der Waals surface area contributed by atoms with E-state index in [9.17, 15) is 3.83 Å². The van der Waals surface area contributed by atoms with Crippen molar-refractivity contribution in [3.8, 4) is 5.75 Å². The van der Waals surface area contributed by atoms with Crippen molar-refractivity contribution in [1.82, 2.24) is 0 Å². The summed E-state index contributed by atoms with van der Waals surface area (Å²) < 4.78 is 22.5. The number of ether oxygens (including phenoxy) is 1. The average molecular weight is 231 g/mol. The fraction of sp³-hybridized carbons (Fsp3) is 0.250. The molecule has 1 unspecified atom stereocenters. The van der Waals surface area contributed by atoms with Crippen LogP contribution in [0.4, 0.5) is 0 Å². The van der Waals surface area contributed by atoms with Gasteiger partial charge < -0.3 is 0 Å². The van der Waals surface area contributed by atoms with Gasteiger partial charge in [-0.25, -0.2) is 0 Å². The van der Waals surface area contributed by atoms with Gasteiger partial charge in [0.25, 0.3) is 0 Å². The van der Waals surface area contributed by atoms with Crippen LogP contribution in [0.3, 0.4) is 0 Å². The molecule has 0 N–H and O–H groups in total. The molecule has 1 atom stereocenters. The van der Waals surface area contributed by atoms with E-state index in [1.807, 2.05) is 18.2 Å². The van der Waals surface area contributed by atoms with Crippen molar-refractivity contribution in [2.45, 2.75) is 0 Å². The van der Waals surface area contributed by atoms with Crippen molar-refractivity contribution in [2.75, 3.05) is 13.2 Å². The van der Waals surface area contributed by atoms with Gasteiger partial charge >= 0.3 is 74.2 Å². The Morgan fingerprint density at radius 3 is 3.00 bits per heavy atom. The molecule has 1 heterocycles. The maximum atomic E-state index is 11.4. The van der Waals surface area contributed by atoms with Crippen LogP contribution in [-0.4, -0.2) is 27.4 Å². The molecule has 0 fully saturated rings. The third-order valence-electron chi connectivity index (χ3n) is 1.56. The second kappa shape index (κ2) is 3.35. The van der Waals surface area contributed by atoms with Crippen LogP contribution in [0.15, 0.2) is 24.3 Å². The van der Waals surface area contributed by atoms with Gasteiger partial charge in [-0.15, -0.1) is 0 Å². The number of benzene rings is 1. The van der Waals surface area contributed by atoms with Crippen LogP contribution in [0.5, 0.6) is 5.75 Å². The summed E-state index contributed by atoms with van der Waals surface area (Å²) in [5.74, 6) is 0.704. The fourth-order valence-electron chi connectivity index (χ4n) is 1.03. The Morgan fingerprint density at radius 1 is 1.25 bits per heavy atom. The van der Waals surface area contributed by atoms with E-state index in [0.29, 0.717) is 19.0 Å². The van der Waals surface area contributed by atoms with E-state index in [0.717, 1.165) is 4.46 Å². The van der Waals surface area contributed by atoms with Gasteiger partial charge in [-0.2, -0.15) is 0 Å². The molecule has 1 aromatic carbocycles. The number of rotatable bonds is 0. The second-order valence-electron chi connectivity index (χ2n) is 2.35. The molecule has 1 aliphatic heterocycles. The normalized spacial score (nSPS) is 22.2. The van der Waals surface area contributed by atoms with Crippen LogP contribution in [0, 0.1) is 0 Å². The molecule has 0 aromatic heterocycles. The molecule has 0 saturated heterocycles. The van der Waals surface area contributed by atoms with Gasteiger partial charge in [0, 0.05) is 0 Å². The summed E-state index contributed by atoms with van der Waals surface area (Å²) in [5.41, 5.74) is 0. The average Bonchev–Trinajstić information content (AvgIpc) is 2.29. The second-order valence-corrected chi connectivity index (χ2v) is 4.75. The third kappa shape index (κ3) is 1.41. The van der Waals surface area contributed by atoms with Gasteiger partial charge in [0.15, 0.2) is 0 Å². The third-order valence-corrected chi connectivity index (χ3v) is 3.82. The summed E-state index contributed by atoms with van der Waals surface area (Å²) in [5, 5.41) is 0. The van der Waals surface area contributed by atoms with Crippen LogP contribution in [0.25, 0.3) is 0 Å². The van der Waals surface area contributed by atoms with Crippen molar-refractivity contribution in [3.05, 3.63) is 24.3 Å². The van der Waals surface area contributed by atoms with E-state index >= 15 is 0 Å². The molecular weight excluding hydrogens is 223 g/mol. The van der Waals surface area contributed by atoms with Gasteiger partial charge in [-0.1, -0.05) is 0 Å². The first-order chi connectivity index (χ1) is 5.88. The first-order valence-corrected chi connectivity index (χ1v) is 5.90. The van der Waals surface area contributed by atoms with Crippen molar-refractivity contribution in [1.29, 1.82) is 0 Å². The molecular formula is C8H8O3Se. The summed E-state index contributed by atoms with van der Waals surface area (Å²) in [6.45, 7) is 0.905. The molecule has 64 valence electrons. The molecule has 0 radical (unpaired) electrons. The van der Waals surface area contributed by atoms with E-state index in [1.54, 1.807) is 6.07 Å². The zero-order chi connectivity index (χ0) is 8.39. The molecule has 1 aliphatic rings. The van der Waals surface area contributed by atoms with Gasteiger partial charge in [-0.05, 0) is 0 Å². The van der Waals surface area contributed by atoms with Crippen molar-refractivity contribution in [2.24, 2.45) is 0 Å². The van der Waals surface area contributed by atoms with E-state index in [2.05, 4.69) is 0 Å². The number of fused-ring (bicyclic) bond motifs is 1. The molecule has 0 amide bonds. The molecule has 0 aliphatic carbocycles. The summed E-state index contributed by atoms with van der Waals surface area (Å²) in [6, 6.07) is 7.31. The van der Waals surface area contributed by atoms with E-state index in [1.165, 1.54) is 0 Å². The summed E-state index contributed by atoms with van der Waals surface area (Å²) in [4.78, 5) is 0. The van der Waals surface area contributed by atoms with Gasteiger partial charge in [0.2, 0.25) is 0 Å². The predicted molar refractivity (Wildman–Crippen MR) is 44.0 cm³/mol. The number of hydrogen-bond donors (Lipinski definition) is 0. The van der Waals surface area contributed by atoms with Crippen LogP contribution in [0.2, 0.25) is 0 Å². The number of para-hydroxylation sites is 1. The Hall–Kier alpha value is -0.701. The minimum absolute atomic E-state index is 0.419. The molecule has 12 heavy (non-hydrogen) atoms. The summed E-state index contributed by atoms with van der Waals surface area (Å²) in [6.07, 6.45) is 0. The van der Waals surface area contributed by atoms with Gasteiger partial charge in [-0.3, -0.25) is 0 Å². The van der Waals surface area contributed by atoms with Gasteiger partial charge in [0.1, 0.15) is 0 Å². The molecule has 0 bridgehead atoms. The standard InChI is InChI=1S/C8H8O3Se/c9-12-8-4-2-1-3-7(8)10-5-6-11-12/h1-4H,5-6H2. The molecule has 0 spiro atoms. The molecule has 0 saturated carbocycles. The van der Waals surface area contributed by atoms with E-state index < -0.39 is 14.2 Å². The molecule has 2 rings (SSSR count). The van der Waals surface area contributed by atoms with Crippen LogP contribution in [0.1, 0.15) is 0 Å². The Labute approximate surface area is 74.7 Å². The quantitative estimate of drug-likeness (QED) is 0.599. The zero-order valence-corrected chi connectivity index (χ0v) is 8.07. The topological polar surface area (TPSA) is 35.5 Å². The molecule has 4 heteroatoms. The van der Waals surface area contributed by atoms with Crippen LogP contribution >= 0.6 is 0 Å². The zero-order valence-electron chi connectivity index (χ0n) is 6.36. The Bertz CT molecular complexity index is 311. The van der Waals surface area contributed by atoms with Crippen LogP contribution < -0.4 is 9.20 Å². The van der Waals surface area contributed by atoms with Crippen LogP contribution in [-0.2, 0) is 7.65 Å². The first-order valence-electron chi connectivity index (χ1n) is 3.65.